The molecule has 0 aliphatic heterocycles. The fraction of sp³-hybridized carbons (Fsp3) is 0.167. The van der Waals surface area contributed by atoms with Crippen molar-refractivity contribution in [1.82, 2.24) is 19.8 Å². The fourth-order valence-corrected chi connectivity index (χ4v) is 2.67. The van der Waals surface area contributed by atoms with Gasteiger partial charge in [0.1, 0.15) is 10.7 Å². The van der Waals surface area contributed by atoms with Gasteiger partial charge in [-0.2, -0.15) is 9.61 Å². The molecule has 0 fully saturated rings. The molecular formula is C12H9ClN4OS. The van der Waals surface area contributed by atoms with Crippen LogP contribution in [0.1, 0.15) is 16.3 Å². The highest BCUT2D eigenvalue weighted by molar-refractivity contribution is 7.16. The van der Waals surface area contributed by atoms with Gasteiger partial charge in [-0.3, -0.25) is 4.79 Å². The van der Waals surface area contributed by atoms with E-state index >= 15 is 0 Å². The molecule has 0 spiro atoms. The van der Waals surface area contributed by atoms with Crippen LogP contribution in [-0.2, 0) is 6.42 Å². The molecule has 5 nitrogen and oxygen atoms in total. The SMILES string of the molecule is Cc1nnc2sc(Cc3ccc(Cl)cc3)nn2c1=O. The summed E-state index contributed by atoms with van der Waals surface area (Å²) in [5.74, 6) is 0. The summed E-state index contributed by atoms with van der Waals surface area (Å²) in [6, 6.07) is 7.54. The van der Waals surface area contributed by atoms with Gasteiger partial charge in [-0.1, -0.05) is 35.1 Å². The van der Waals surface area contributed by atoms with E-state index in [-0.39, 0.29) is 5.56 Å². The number of halogens is 1. The van der Waals surface area contributed by atoms with E-state index < -0.39 is 0 Å². The zero-order valence-corrected chi connectivity index (χ0v) is 11.6. The van der Waals surface area contributed by atoms with Gasteiger partial charge < -0.3 is 0 Å². The smallest absolute Gasteiger partial charge is 0.265 e. The van der Waals surface area contributed by atoms with E-state index in [4.69, 9.17) is 11.6 Å². The average molecular weight is 293 g/mol. The maximum absolute atomic E-state index is 11.8. The molecule has 7 heteroatoms. The second-order valence-electron chi connectivity index (χ2n) is 4.08. The van der Waals surface area contributed by atoms with Gasteiger partial charge in [-0.25, -0.2) is 0 Å². The third kappa shape index (κ3) is 2.36. The van der Waals surface area contributed by atoms with Crippen LogP contribution < -0.4 is 5.56 Å². The van der Waals surface area contributed by atoms with Gasteiger partial charge in [0.25, 0.3) is 5.56 Å². The maximum atomic E-state index is 11.8. The van der Waals surface area contributed by atoms with Crippen molar-refractivity contribution >= 4 is 27.9 Å². The molecule has 2 aromatic heterocycles. The molecule has 0 amide bonds. The monoisotopic (exact) mass is 292 g/mol. The van der Waals surface area contributed by atoms with E-state index in [1.165, 1.54) is 15.9 Å². The lowest BCUT2D eigenvalue weighted by atomic mass is 10.2. The minimum Gasteiger partial charge on any atom is -0.265 e. The molecule has 3 rings (SSSR count). The molecule has 96 valence electrons. The van der Waals surface area contributed by atoms with Crippen LogP contribution in [0.25, 0.3) is 4.96 Å². The van der Waals surface area contributed by atoms with Crippen molar-refractivity contribution in [3.8, 4) is 0 Å². The quantitative estimate of drug-likeness (QED) is 0.726. The highest BCUT2D eigenvalue weighted by Gasteiger charge is 2.09. The number of rotatable bonds is 2. The molecule has 0 aliphatic carbocycles. The van der Waals surface area contributed by atoms with Crippen LogP contribution in [0.5, 0.6) is 0 Å². The first-order valence-corrected chi connectivity index (χ1v) is 6.79. The summed E-state index contributed by atoms with van der Waals surface area (Å²) in [7, 11) is 0. The van der Waals surface area contributed by atoms with Crippen molar-refractivity contribution in [1.29, 1.82) is 0 Å². The predicted molar refractivity (Wildman–Crippen MR) is 73.9 cm³/mol. The van der Waals surface area contributed by atoms with Gasteiger partial charge in [0.05, 0.1) is 0 Å². The van der Waals surface area contributed by atoms with E-state index in [0.29, 0.717) is 22.1 Å². The summed E-state index contributed by atoms with van der Waals surface area (Å²) in [5.41, 5.74) is 1.21. The molecule has 0 bridgehead atoms. The van der Waals surface area contributed by atoms with Gasteiger partial charge in [0.15, 0.2) is 0 Å². The van der Waals surface area contributed by atoms with Crippen molar-refractivity contribution in [3.05, 3.63) is 55.9 Å². The Labute approximate surface area is 117 Å². The molecule has 0 radical (unpaired) electrons. The standard InChI is InChI=1S/C12H9ClN4OS/c1-7-11(18)17-12(15-14-7)19-10(16-17)6-8-2-4-9(13)5-3-8/h2-5H,6H2,1H3. The summed E-state index contributed by atoms with van der Waals surface area (Å²) in [5, 5.41) is 13.6. The first-order valence-electron chi connectivity index (χ1n) is 5.60. The van der Waals surface area contributed by atoms with Gasteiger partial charge >= 0.3 is 0 Å². The van der Waals surface area contributed by atoms with E-state index in [9.17, 15) is 4.79 Å². The lowest BCUT2D eigenvalue weighted by molar-refractivity contribution is 0.810. The summed E-state index contributed by atoms with van der Waals surface area (Å²) >= 11 is 7.20. The number of fused-ring (bicyclic) bond motifs is 1. The summed E-state index contributed by atoms with van der Waals surface area (Å²) in [4.78, 5) is 12.3. The Bertz CT molecular complexity index is 794. The first kappa shape index (κ1) is 12.3. The van der Waals surface area contributed by atoms with Crippen LogP contribution in [-0.4, -0.2) is 19.8 Å². The number of hydrogen-bond donors (Lipinski definition) is 0. The summed E-state index contributed by atoms with van der Waals surface area (Å²) in [6.07, 6.45) is 0.643. The molecular weight excluding hydrogens is 284 g/mol. The van der Waals surface area contributed by atoms with Crippen molar-refractivity contribution in [3.63, 3.8) is 0 Å². The van der Waals surface area contributed by atoms with E-state index in [1.54, 1.807) is 6.92 Å². The minimum absolute atomic E-state index is 0.219. The number of benzene rings is 1. The highest BCUT2D eigenvalue weighted by atomic mass is 35.5. The molecule has 2 heterocycles. The largest absolute Gasteiger partial charge is 0.296 e. The van der Waals surface area contributed by atoms with Gasteiger partial charge in [0, 0.05) is 11.4 Å². The zero-order valence-electron chi connectivity index (χ0n) is 10.00. The van der Waals surface area contributed by atoms with Crippen LogP contribution >= 0.6 is 22.9 Å². The summed E-state index contributed by atoms with van der Waals surface area (Å²) in [6.45, 7) is 1.62. The molecule has 0 saturated heterocycles. The Morgan fingerprint density at radius 1 is 1.26 bits per heavy atom. The number of aryl methyl sites for hydroxylation is 1. The van der Waals surface area contributed by atoms with Gasteiger partial charge in [0.2, 0.25) is 4.96 Å². The number of nitrogens with zero attached hydrogens (tertiary/aromatic N) is 4. The molecule has 19 heavy (non-hydrogen) atoms. The van der Waals surface area contributed by atoms with Crippen LogP contribution in [0.2, 0.25) is 5.02 Å². The number of hydrogen-bond acceptors (Lipinski definition) is 5. The molecule has 0 atom stereocenters. The molecule has 1 aromatic carbocycles. The van der Waals surface area contributed by atoms with Crippen molar-refractivity contribution in [2.24, 2.45) is 0 Å². The Morgan fingerprint density at radius 3 is 2.74 bits per heavy atom. The molecule has 3 aromatic rings. The third-order valence-electron chi connectivity index (χ3n) is 2.66. The molecule has 0 saturated carbocycles. The third-order valence-corrected chi connectivity index (χ3v) is 3.81. The fourth-order valence-electron chi connectivity index (χ4n) is 1.68. The Hall–Kier alpha value is -1.79. The zero-order chi connectivity index (χ0) is 13.4. The van der Waals surface area contributed by atoms with E-state index in [2.05, 4.69) is 15.3 Å². The van der Waals surface area contributed by atoms with E-state index in [1.807, 2.05) is 24.3 Å². The van der Waals surface area contributed by atoms with Crippen molar-refractivity contribution in [2.75, 3.05) is 0 Å². The normalized spacial score (nSPS) is 11.1. The predicted octanol–water partition coefficient (Wildman–Crippen LogP) is 2.10. The second-order valence-corrected chi connectivity index (χ2v) is 5.56. The van der Waals surface area contributed by atoms with Crippen molar-refractivity contribution in [2.45, 2.75) is 13.3 Å². The van der Waals surface area contributed by atoms with Crippen molar-refractivity contribution < 1.29 is 0 Å². The lowest BCUT2D eigenvalue weighted by Gasteiger charge is -1.96. The Balaban J connectivity index is 2.00. The second kappa shape index (κ2) is 4.71. The Morgan fingerprint density at radius 2 is 2.00 bits per heavy atom. The maximum Gasteiger partial charge on any atom is 0.296 e. The first-order chi connectivity index (χ1) is 9.13. The van der Waals surface area contributed by atoms with Crippen LogP contribution in [0.4, 0.5) is 0 Å². The Kier molecular flexibility index (Phi) is 3.04. The summed E-state index contributed by atoms with van der Waals surface area (Å²) < 4.78 is 1.30. The topological polar surface area (TPSA) is 60.1 Å². The number of aromatic nitrogens is 4. The lowest BCUT2D eigenvalue weighted by Crippen LogP contribution is -2.19. The molecule has 0 N–H and O–H groups in total. The minimum atomic E-state index is -0.219. The highest BCUT2D eigenvalue weighted by Crippen LogP contribution is 2.17. The van der Waals surface area contributed by atoms with E-state index in [0.717, 1.165) is 10.6 Å². The molecule has 0 aliphatic rings. The van der Waals surface area contributed by atoms with Crippen LogP contribution in [0.3, 0.4) is 0 Å². The molecule has 0 unspecified atom stereocenters. The van der Waals surface area contributed by atoms with Gasteiger partial charge in [-0.15, -0.1) is 10.2 Å². The van der Waals surface area contributed by atoms with Crippen LogP contribution in [0, 0.1) is 6.92 Å². The average Bonchev–Trinajstić information content (AvgIpc) is 2.80. The van der Waals surface area contributed by atoms with Crippen LogP contribution in [0.15, 0.2) is 29.1 Å². The van der Waals surface area contributed by atoms with Gasteiger partial charge in [-0.05, 0) is 24.6 Å².